The van der Waals surface area contributed by atoms with Crippen LogP contribution in [0.25, 0.3) is 54.1 Å². The maximum absolute atomic E-state index is 5.08. The highest BCUT2D eigenvalue weighted by molar-refractivity contribution is 7.26. The minimum atomic E-state index is -0.352. The van der Waals surface area contributed by atoms with Crippen LogP contribution < -0.4 is 9.13 Å². The van der Waals surface area contributed by atoms with Crippen LogP contribution in [0.3, 0.4) is 0 Å². The average Bonchev–Trinajstić information content (AvgIpc) is 3.79. The van der Waals surface area contributed by atoms with E-state index in [1.54, 1.807) is 6.20 Å². The monoisotopic (exact) mass is 647 g/mol. The summed E-state index contributed by atoms with van der Waals surface area (Å²) in [7, 11) is 0. The highest BCUT2D eigenvalue weighted by atomic mass is 32.1. The second-order valence-electron chi connectivity index (χ2n) is 13.6. The van der Waals surface area contributed by atoms with Gasteiger partial charge in [-0.15, -0.1) is 11.3 Å². The van der Waals surface area contributed by atoms with Gasteiger partial charge in [-0.1, -0.05) is 51.5 Å². The minimum Gasteiger partial charge on any atom is -0.244 e. The Bertz CT molecular complexity index is 2530. The Morgan fingerprint density at radius 3 is 2.67 bits per heavy atom. The van der Waals surface area contributed by atoms with Crippen molar-refractivity contribution >= 4 is 42.7 Å². The SMILES string of the molecule is CCCCc1cccc2sc3c4c(ccc3c12)C(C1=CC2(CC)n3nc(C)nc3-c3cccc[n+]3C12CC)[n+]1c-4ccc2nccnc21. The molecule has 2 aromatic carbocycles. The van der Waals surface area contributed by atoms with Crippen molar-refractivity contribution < 1.29 is 9.13 Å². The summed E-state index contributed by atoms with van der Waals surface area (Å²) in [5.41, 5.74) is 8.96. The molecule has 236 valence electrons. The summed E-state index contributed by atoms with van der Waals surface area (Å²) < 4.78 is 9.98. The van der Waals surface area contributed by atoms with E-state index in [1.165, 1.54) is 61.0 Å². The lowest BCUT2D eigenvalue weighted by molar-refractivity contribution is -0.775. The number of aromatic nitrogens is 7. The molecular formula is C40H37N7S+2. The fraction of sp³-hybridized carbons (Fsp3) is 0.300. The fourth-order valence-electron chi connectivity index (χ4n) is 9.55. The van der Waals surface area contributed by atoms with E-state index >= 15 is 0 Å². The summed E-state index contributed by atoms with van der Waals surface area (Å²) in [5, 5.41) is 7.87. The zero-order chi connectivity index (χ0) is 32.4. The molecule has 8 heteroatoms. The van der Waals surface area contributed by atoms with Gasteiger partial charge in [-0.2, -0.15) is 9.67 Å². The Hall–Kier alpha value is -4.82. The summed E-state index contributed by atoms with van der Waals surface area (Å²) in [5.74, 6) is 1.75. The quantitative estimate of drug-likeness (QED) is 0.136. The standard InChI is InChI=1S/C40H37N7S/c1-5-8-12-25-13-11-15-32-33(25)27-17-16-26-34(36(27)48-32)30-19-18-29-37(42-21-20-41-29)46(30)35(26)28-23-39(6-2)40(28,7-3)45-22-10-9-14-31(45)38-43-24(4)44-47(38)39/h9-11,13-23,35H,5-8,12H2,1-4H3/q+2. The number of allylic oxidation sites excluding steroid dienone is 2. The highest BCUT2D eigenvalue weighted by Gasteiger charge is 2.73. The zero-order valence-electron chi connectivity index (χ0n) is 27.7. The molecule has 0 saturated carbocycles. The van der Waals surface area contributed by atoms with Gasteiger partial charge in [-0.05, 0) is 67.1 Å². The number of aryl methyl sites for hydroxylation is 2. The molecule has 2 aliphatic heterocycles. The largest absolute Gasteiger partial charge is 0.350 e. The smallest absolute Gasteiger partial charge is 0.244 e. The summed E-state index contributed by atoms with van der Waals surface area (Å²) in [4.78, 5) is 14.8. The van der Waals surface area contributed by atoms with Crippen LogP contribution in [0.15, 0.2) is 90.9 Å². The molecule has 3 aliphatic rings. The Labute approximate surface area is 283 Å². The lowest BCUT2D eigenvalue weighted by Crippen LogP contribution is -2.78. The first kappa shape index (κ1) is 28.2. The van der Waals surface area contributed by atoms with Crippen LogP contribution in [0.4, 0.5) is 0 Å². The molecule has 0 radical (unpaired) electrons. The van der Waals surface area contributed by atoms with Crippen molar-refractivity contribution in [2.24, 2.45) is 0 Å². The molecule has 7 aromatic rings. The average molecular weight is 648 g/mol. The molecule has 7 nitrogen and oxygen atoms in total. The molecular weight excluding hydrogens is 611 g/mol. The number of hydrogen-bond donors (Lipinski definition) is 0. The van der Waals surface area contributed by atoms with Crippen LogP contribution >= 0.6 is 11.3 Å². The maximum Gasteiger partial charge on any atom is 0.350 e. The Balaban J connectivity index is 1.30. The number of rotatable bonds is 6. The first-order valence-corrected chi connectivity index (χ1v) is 18.2. The summed E-state index contributed by atoms with van der Waals surface area (Å²) in [6, 6.07) is 22.6. The number of fused-ring (bicyclic) bond motifs is 15. The van der Waals surface area contributed by atoms with Crippen molar-refractivity contribution in [2.45, 2.75) is 76.9 Å². The molecule has 0 fully saturated rings. The molecule has 0 bridgehead atoms. The first-order chi connectivity index (χ1) is 23.6. The molecule has 0 N–H and O–H groups in total. The third kappa shape index (κ3) is 3.24. The van der Waals surface area contributed by atoms with E-state index in [-0.39, 0.29) is 17.1 Å². The van der Waals surface area contributed by atoms with Crippen LogP contribution in [0.1, 0.15) is 69.4 Å². The van der Waals surface area contributed by atoms with Crippen molar-refractivity contribution in [2.75, 3.05) is 0 Å². The van der Waals surface area contributed by atoms with Crippen molar-refractivity contribution in [3.05, 3.63) is 108 Å². The van der Waals surface area contributed by atoms with Crippen LogP contribution in [-0.2, 0) is 17.5 Å². The van der Waals surface area contributed by atoms with Gasteiger partial charge in [0.15, 0.2) is 29.5 Å². The van der Waals surface area contributed by atoms with Gasteiger partial charge < -0.3 is 0 Å². The van der Waals surface area contributed by atoms with Gasteiger partial charge in [0.2, 0.25) is 11.4 Å². The van der Waals surface area contributed by atoms with Crippen LogP contribution in [0, 0.1) is 6.92 Å². The van der Waals surface area contributed by atoms with Gasteiger partial charge in [0.1, 0.15) is 11.5 Å². The van der Waals surface area contributed by atoms with Crippen molar-refractivity contribution in [1.29, 1.82) is 0 Å². The molecule has 3 atom stereocenters. The van der Waals surface area contributed by atoms with Gasteiger partial charge in [-0.25, -0.2) is 19.2 Å². The molecule has 7 heterocycles. The van der Waals surface area contributed by atoms with Gasteiger partial charge in [-0.3, -0.25) is 0 Å². The predicted octanol–water partition coefficient (Wildman–Crippen LogP) is 7.92. The molecule has 0 amide bonds. The topological polar surface area (TPSA) is 64.2 Å². The third-order valence-electron chi connectivity index (χ3n) is 11.5. The fourth-order valence-corrected chi connectivity index (χ4v) is 10.9. The molecule has 1 aliphatic carbocycles. The van der Waals surface area contributed by atoms with E-state index in [1.807, 2.05) is 24.5 Å². The lowest BCUT2D eigenvalue weighted by Gasteiger charge is -2.55. The summed E-state index contributed by atoms with van der Waals surface area (Å²) >= 11 is 1.94. The first-order valence-electron chi connectivity index (χ1n) is 17.4. The van der Waals surface area contributed by atoms with Crippen molar-refractivity contribution in [1.82, 2.24) is 24.7 Å². The van der Waals surface area contributed by atoms with E-state index in [4.69, 9.17) is 20.1 Å². The van der Waals surface area contributed by atoms with E-state index in [2.05, 4.69) is 108 Å². The molecule has 10 rings (SSSR count). The number of benzene rings is 2. The zero-order valence-corrected chi connectivity index (χ0v) is 28.6. The van der Waals surface area contributed by atoms with Crippen LogP contribution in [0.5, 0.6) is 0 Å². The number of unbranched alkanes of at least 4 members (excludes halogenated alkanes) is 1. The summed E-state index contributed by atoms with van der Waals surface area (Å²) in [6.45, 7) is 8.92. The minimum absolute atomic E-state index is 0.0454. The van der Waals surface area contributed by atoms with E-state index in [0.29, 0.717) is 0 Å². The molecule has 5 aromatic heterocycles. The van der Waals surface area contributed by atoms with E-state index in [0.717, 1.165) is 47.8 Å². The van der Waals surface area contributed by atoms with Gasteiger partial charge in [0.25, 0.3) is 5.69 Å². The molecule has 0 spiro atoms. The Morgan fingerprint density at radius 1 is 0.917 bits per heavy atom. The number of hydrogen-bond acceptors (Lipinski definition) is 5. The number of nitrogens with zero attached hydrogens (tertiary/aromatic N) is 7. The Kier molecular flexibility index (Phi) is 5.79. The normalized spacial score (nSPS) is 21.8. The number of thiophene rings is 1. The van der Waals surface area contributed by atoms with E-state index < -0.39 is 0 Å². The second kappa shape index (κ2) is 9.86. The van der Waals surface area contributed by atoms with Crippen molar-refractivity contribution in [3.63, 3.8) is 0 Å². The number of pyridine rings is 2. The summed E-state index contributed by atoms with van der Waals surface area (Å²) in [6.07, 6.45) is 13.7. The lowest BCUT2D eigenvalue weighted by atomic mass is 9.55. The van der Waals surface area contributed by atoms with Crippen molar-refractivity contribution in [3.8, 4) is 22.8 Å². The highest BCUT2D eigenvalue weighted by Crippen LogP contribution is 2.61. The molecule has 3 unspecified atom stereocenters. The van der Waals surface area contributed by atoms with Gasteiger partial charge >= 0.3 is 5.65 Å². The van der Waals surface area contributed by atoms with Gasteiger partial charge in [0.05, 0.1) is 11.8 Å². The van der Waals surface area contributed by atoms with Gasteiger partial charge in [0, 0.05) is 49.9 Å². The maximum atomic E-state index is 5.08. The van der Waals surface area contributed by atoms with Crippen LogP contribution in [0.2, 0.25) is 0 Å². The molecule has 0 saturated heterocycles. The molecule has 48 heavy (non-hydrogen) atoms. The second-order valence-corrected chi connectivity index (χ2v) is 14.7. The van der Waals surface area contributed by atoms with E-state index in [9.17, 15) is 0 Å². The Morgan fingerprint density at radius 2 is 1.81 bits per heavy atom. The van der Waals surface area contributed by atoms with Crippen LogP contribution in [-0.4, -0.2) is 24.7 Å². The predicted molar refractivity (Wildman–Crippen MR) is 190 cm³/mol. The third-order valence-corrected chi connectivity index (χ3v) is 12.7.